The number of H-pyrrole nitrogens is 2. The molecule has 0 aliphatic carbocycles. The quantitative estimate of drug-likeness (QED) is 0.152. The van der Waals surface area contributed by atoms with Crippen molar-refractivity contribution in [3.05, 3.63) is 313 Å². The largest absolute Gasteiger partial charge is 0.497 e. The third kappa shape index (κ3) is 42.5. The molecule has 0 saturated heterocycles. The van der Waals surface area contributed by atoms with Gasteiger partial charge < -0.3 is 24.2 Å². The van der Waals surface area contributed by atoms with Crippen LogP contribution in [0.25, 0.3) is 10.9 Å². The van der Waals surface area contributed by atoms with Gasteiger partial charge in [-0.15, -0.1) is 35.3 Å². The summed E-state index contributed by atoms with van der Waals surface area (Å²) in [7, 11) is 0. The number of hydrogen-bond acceptors (Lipinski definition) is 10. The highest BCUT2D eigenvalue weighted by Gasteiger charge is 2.30. The van der Waals surface area contributed by atoms with Crippen molar-refractivity contribution in [3.63, 3.8) is 0 Å². The van der Waals surface area contributed by atoms with E-state index in [-0.39, 0.29) is 54.8 Å². The Hall–Kier alpha value is -8.03. The van der Waals surface area contributed by atoms with Crippen LogP contribution in [-0.2, 0) is 46.7 Å². The highest BCUT2D eigenvalue weighted by atomic mass is 32.2. The minimum Gasteiger partial charge on any atom is -0.497 e. The normalized spacial score (nSPS) is 15.7. The molecule has 11 heterocycles. The van der Waals surface area contributed by atoms with Crippen molar-refractivity contribution in [1.82, 2.24) is 29.9 Å². The van der Waals surface area contributed by atoms with Gasteiger partial charge in [0.05, 0.1) is 18.8 Å². The number of nitrogens with zero attached hydrogens (tertiary/aromatic N) is 4. The number of aromatic nitrogens is 6. The number of nitrogens with one attached hydrogen (secondary N) is 2. The first-order chi connectivity index (χ1) is 64.1. The van der Waals surface area contributed by atoms with Crippen LogP contribution in [0.15, 0.2) is 173 Å². The zero-order valence-corrected chi connectivity index (χ0v) is 103. The van der Waals surface area contributed by atoms with Crippen LogP contribution < -0.4 is 0 Å². The van der Waals surface area contributed by atoms with Crippen molar-refractivity contribution in [3.8, 4) is 0 Å². The van der Waals surface area contributed by atoms with Gasteiger partial charge in [-0.2, -0.15) is 0 Å². The molecule has 0 fully saturated rings. The minimum atomic E-state index is 0.146. The zero-order valence-electron chi connectivity index (χ0n) is 100. The van der Waals surface area contributed by atoms with Crippen molar-refractivity contribution < 1.29 is 14.2 Å². The topological polar surface area (TPSA) is 111 Å². The molecule has 13 rings (SSSR count). The predicted molar refractivity (Wildman–Crippen MR) is 633 cm³/mol. The molecule has 141 heavy (non-hydrogen) atoms. The van der Waals surface area contributed by atoms with E-state index < -0.39 is 0 Å². The number of hydrogen-bond donors (Lipinski definition) is 2. The Morgan fingerprint density at radius 1 is 0.333 bits per heavy atom. The Morgan fingerprint density at radius 3 is 1.14 bits per heavy atom. The fourth-order valence-electron chi connectivity index (χ4n) is 17.2. The number of pyridine rings is 3. The third-order valence-electron chi connectivity index (χ3n) is 26.4. The van der Waals surface area contributed by atoms with Crippen LogP contribution in [0.3, 0.4) is 0 Å². The number of fused-ring (bicyclic) bond motifs is 1. The van der Waals surface area contributed by atoms with Gasteiger partial charge in [0, 0.05) is 96.7 Å². The predicted octanol–water partition coefficient (Wildman–Crippen LogP) is 38.3. The highest BCUT2D eigenvalue weighted by molar-refractivity contribution is 8.03. The lowest BCUT2D eigenvalue weighted by Gasteiger charge is -2.28. The molecule has 0 bridgehead atoms. The summed E-state index contributed by atoms with van der Waals surface area (Å²) in [6.45, 7) is 123. The van der Waals surface area contributed by atoms with E-state index in [1.807, 2.05) is 78.2 Å². The van der Waals surface area contributed by atoms with Gasteiger partial charge >= 0.3 is 0 Å². The minimum absolute atomic E-state index is 0.146. The van der Waals surface area contributed by atoms with Crippen LogP contribution in [0.1, 0.15) is 389 Å². The summed E-state index contributed by atoms with van der Waals surface area (Å²) in [5.41, 5.74) is 42.3. The molecule has 0 saturated carbocycles. The van der Waals surface area contributed by atoms with Crippen LogP contribution >= 0.6 is 35.3 Å². The highest BCUT2D eigenvalue weighted by Crippen LogP contribution is 2.41. The number of benzene rings is 2. The molecular weight excluding hydrogens is 1780 g/mol. The van der Waals surface area contributed by atoms with E-state index in [4.69, 9.17) is 19.2 Å². The Balaban J connectivity index is 0.000000522. The maximum atomic E-state index is 5.38. The summed E-state index contributed by atoms with van der Waals surface area (Å²) < 4.78 is 15.6. The van der Waals surface area contributed by atoms with Crippen molar-refractivity contribution in [1.29, 1.82) is 0 Å². The van der Waals surface area contributed by atoms with Gasteiger partial charge in [-0.25, -0.2) is 4.98 Å². The van der Waals surface area contributed by atoms with E-state index in [1.165, 1.54) is 145 Å². The van der Waals surface area contributed by atoms with E-state index in [1.54, 1.807) is 18.7 Å². The first-order valence-electron chi connectivity index (χ1n) is 51.5. The molecule has 6 aliphatic rings. The first-order valence-corrected chi connectivity index (χ1v) is 54.5. The lowest BCUT2D eigenvalue weighted by Crippen LogP contribution is -2.26. The molecule has 2 aromatic carbocycles. The summed E-state index contributed by atoms with van der Waals surface area (Å²) >= 11 is 5.64. The number of rotatable bonds is 0. The second kappa shape index (κ2) is 54.4. The van der Waals surface area contributed by atoms with Crippen molar-refractivity contribution in [2.75, 3.05) is 24.7 Å². The molecule has 0 amide bonds. The summed E-state index contributed by atoms with van der Waals surface area (Å²) in [5.74, 6) is 3.32. The molecule has 9 nitrogen and oxygen atoms in total. The van der Waals surface area contributed by atoms with Gasteiger partial charge in [0.1, 0.15) is 25.1 Å². The first kappa shape index (κ1) is 129. The van der Waals surface area contributed by atoms with Crippen LogP contribution in [0.5, 0.6) is 0 Å². The number of thioether (sulfide) groups is 3. The van der Waals surface area contributed by atoms with Crippen molar-refractivity contribution in [2.45, 2.75) is 425 Å². The van der Waals surface area contributed by atoms with E-state index >= 15 is 0 Å². The van der Waals surface area contributed by atoms with E-state index in [9.17, 15) is 0 Å². The summed E-state index contributed by atoms with van der Waals surface area (Å²) in [6.07, 6.45) is 41.1. The summed E-state index contributed by atoms with van der Waals surface area (Å²) in [5, 5.41) is 8.62. The molecule has 6 aliphatic heterocycles. The van der Waals surface area contributed by atoms with Crippen molar-refractivity contribution >= 4 is 46.2 Å². The molecule has 2 N–H and O–H groups in total. The van der Waals surface area contributed by atoms with Gasteiger partial charge in [-0.05, 0) is 361 Å². The van der Waals surface area contributed by atoms with Crippen LogP contribution in [-0.4, -0.2) is 66.0 Å². The standard InChI is InChI=1S/C15H24.C14H19N.3C13H21N.3C9H14O.3C9H14S.C7H12N2/c1-9-10(2)12(4)14(15(6,7)8)13(5)11(9)3;1-9-8-12-11(6-7-15-12)13(10(9)2)14(3,4)5;1-8-10(3)14-11(4)9(2)12(8)13(5,6)7;1-8-9(2)12(13(5,6)7)11(4)14-10(8)3;1-8-9(2)11(4)14-12(10(8)3)13(5,6)7;1-9(2,3)8-4-6-10-7-5-8;1-9(2,3)8-5-4-6-10-7-8;1-9(2,3)8-6-4-5-7-10-8;1-9(2,3)8-4-6-10-7-5-8;1-9(2,3)8-5-4-6-10-7-8;1-9(2,3)8-6-4-5-7-10-8;1-7(2,3)6-8-4-5-9-6/h1-8H3;6-8,15H,1-5H3;3*1-7H3;4-6H,7H2,1-3H3;4-5,7H,6H2,1-3H3;4-8H,1-3H3;4-6H,7H2,1-3H3;4-5,7H,6H2,1-3H3;4-8H,1-3H3;4-5H,1-3H3,(H,8,9). The lowest BCUT2D eigenvalue weighted by atomic mass is 9.77. The molecule has 2 atom stereocenters. The molecule has 7 aromatic rings. The number of ether oxygens (including phenoxy) is 3. The maximum absolute atomic E-state index is 5.38. The molecule has 0 radical (unpaired) electrons. The molecular formula is C129H202N6O3S3. The molecule has 784 valence electrons. The van der Waals surface area contributed by atoms with Gasteiger partial charge in [0.25, 0.3) is 0 Å². The van der Waals surface area contributed by atoms with Gasteiger partial charge in [-0.3, -0.25) is 15.0 Å². The number of aryl methyl sites for hydroxylation is 6. The Kier molecular flexibility index (Phi) is 49.8. The van der Waals surface area contributed by atoms with E-state index in [0.29, 0.717) is 21.5 Å². The fraction of sp³-hybridized carbons (Fsp3) is 0.566. The zero-order chi connectivity index (χ0) is 109. The Labute approximate surface area is 879 Å². The van der Waals surface area contributed by atoms with Crippen LogP contribution in [0.2, 0.25) is 0 Å². The molecule has 0 spiro atoms. The van der Waals surface area contributed by atoms with E-state index in [0.717, 1.165) is 53.3 Å². The molecule has 5 aromatic heterocycles. The number of aromatic amines is 2. The number of imidazole rings is 1. The van der Waals surface area contributed by atoms with Gasteiger partial charge in [-0.1, -0.05) is 304 Å². The van der Waals surface area contributed by atoms with Gasteiger partial charge in [0.15, 0.2) is 0 Å². The Morgan fingerprint density at radius 2 is 0.794 bits per heavy atom. The SMILES string of the molecule is CC(C)(C)C1=CCOC=C1.CC(C)(C)C1=CCSC=C1.CC(C)(C)C1=COCC=C1.CC(C)(C)C1=CSCC=C1.CC(C)(C)C1C=CC=CO1.CC(C)(C)C1C=CC=CS1.CC(C)(C)c1ncc[nH]1.Cc1c(C)c(C)c(C(C)(C)C)c(C)c1C.Cc1cc2[nH]ccc2c(C(C)(C)C)c1C.Cc1nc(C(C)(C)C)c(C)c(C)c1C.Cc1nc(C)c(C(C)(C)C)c(C)c1C.Cc1nc(C)c(C)c(C(C)(C)C)c1C. The second-order valence-corrected chi connectivity index (χ2v) is 54.2. The van der Waals surface area contributed by atoms with Crippen LogP contribution in [0.4, 0.5) is 0 Å². The summed E-state index contributed by atoms with van der Waals surface area (Å²) in [4.78, 5) is 24.3. The van der Waals surface area contributed by atoms with Crippen LogP contribution in [0, 0.1) is 164 Å². The maximum Gasteiger partial charge on any atom is 0.121 e. The number of allylic oxidation sites excluding steroid dienone is 12. The van der Waals surface area contributed by atoms with E-state index in [2.05, 4.69) is 495 Å². The lowest BCUT2D eigenvalue weighted by molar-refractivity contribution is 0.0823. The average molecular weight is 1980 g/mol. The van der Waals surface area contributed by atoms with Gasteiger partial charge in [0.2, 0.25) is 0 Å². The second-order valence-electron chi connectivity index (χ2n) is 51.3. The molecule has 2 unspecified atom stereocenters. The average Bonchev–Trinajstić information content (AvgIpc) is 1.77. The fourth-order valence-corrected chi connectivity index (χ4v) is 19.7. The Bertz CT molecular complexity index is 5300. The summed E-state index contributed by atoms with van der Waals surface area (Å²) in [6, 6.07) is 4.42. The molecule has 12 heteroatoms. The van der Waals surface area contributed by atoms with Crippen molar-refractivity contribution in [2.24, 2.45) is 32.5 Å². The third-order valence-corrected chi connectivity index (χ3v) is 29.4. The smallest absolute Gasteiger partial charge is 0.121 e. The monoisotopic (exact) mass is 1980 g/mol.